The Morgan fingerprint density at radius 2 is 1.03 bits per heavy atom. The third kappa shape index (κ3) is 5.19. The van der Waals surface area contributed by atoms with E-state index >= 15 is 0 Å². The van der Waals surface area contributed by atoms with Crippen LogP contribution < -0.4 is 0 Å². The Morgan fingerprint density at radius 1 is 0.567 bits per heavy atom. The van der Waals surface area contributed by atoms with Crippen molar-refractivity contribution in [3.8, 4) is 0 Å². The second-order valence-electron chi connectivity index (χ2n) is 8.49. The molecular formula is C30H34. The molecule has 0 spiro atoms. The molecule has 0 nitrogen and oxygen atoms in total. The first-order chi connectivity index (χ1) is 14.4. The van der Waals surface area contributed by atoms with Crippen LogP contribution in [0.25, 0.3) is 12.2 Å². The number of rotatable bonds is 8. The van der Waals surface area contributed by atoms with E-state index in [1.807, 2.05) is 12.2 Å². The minimum atomic E-state index is 1.07. The number of aryl methyl sites for hydroxylation is 8. The second-order valence-corrected chi connectivity index (χ2v) is 8.49. The summed E-state index contributed by atoms with van der Waals surface area (Å²) in [5.74, 6) is 0. The molecule has 0 saturated heterocycles. The highest BCUT2D eigenvalue weighted by Crippen LogP contribution is 2.23. The van der Waals surface area contributed by atoms with Crippen molar-refractivity contribution in [1.29, 1.82) is 0 Å². The Labute approximate surface area is 183 Å². The fourth-order valence-electron chi connectivity index (χ4n) is 4.23. The van der Waals surface area contributed by atoms with E-state index in [2.05, 4.69) is 89.4 Å². The van der Waals surface area contributed by atoms with Gasteiger partial charge >= 0.3 is 0 Å². The molecule has 154 valence electrons. The maximum atomic E-state index is 3.92. The lowest BCUT2D eigenvalue weighted by molar-refractivity contribution is 0.913. The number of hydrogen-bond donors (Lipinski definition) is 0. The van der Waals surface area contributed by atoms with Crippen molar-refractivity contribution in [3.63, 3.8) is 0 Å². The summed E-state index contributed by atoms with van der Waals surface area (Å²) < 4.78 is 0. The fourth-order valence-corrected chi connectivity index (χ4v) is 4.23. The van der Waals surface area contributed by atoms with E-state index in [0.717, 1.165) is 25.7 Å². The van der Waals surface area contributed by atoms with Crippen LogP contribution in [0.3, 0.4) is 0 Å². The van der Waals surface area contributed by atoms with Crippen LogP contribution in [0.4, 0.5) is 0 Å². The molecule has 0 aliphatic rings. The molecule has 0 aliphatic carbocycles. The van der Waals surface area contributed by atoms with Gasteiger partial charge in [-0.25, -0.2) is 0 Å². The van der Waals surface area contributed by atoms with E-state index < -0.39 is 0 Å². The van der Waals surface area contributed by atoms with Crippen molar-refractivity contribution in [2.45, 2.75) is 53.4 Å². The van der Waals surface area contributed by atoms with Gasteiger partial charge in [0.2, 0.25) is 0 Å². The van der Waals surface area contributed by atoms with Crippen molar-refractivity contribution in [2.24, 2.45) is 0 Å². The van der Waals surface area contributed by atoms with Crippen LogP contribution in [-0.2, 0) is 25.7 Å². The summed E-state index contributed by atoms with van der Waals surface area (Å²) in [5.41, 5.74) is 13.7. The topological polar surface area (TPSA) is 0 Å². The molecular weight excluding hydrogens is 360 g/mol. The molecule has 0 heterocycles. The van der Waals surface area contributed by atoms with Crippen LogP contribution >= 0.6 is 0 Å². The standard InChI is InChI=1S/C30H34/c1-7-25-9-11-26(12-10-25)13-14-28-19-24(6)30(20-23(28)5)16-15-29-18-21(3)27(8-2)17-22(29)4/h7-12,17-20H,1-2,13-16H2,3-6H3. The monoisotopic (exact) mass is 394 g/mol. The lowest BCUT2D eigenvalue weighted by atomic mass is 9.91. The minimum Gasteiger partial charge on any atom is -0.0985 e. The third-order valence-corrected chi connectivity index (χ3v) is 6.30. The lowest BCUT2D eigenvalue weighted by Gasteiger charge is -2.14. The summed E-state index contributed by atoms with van der Waals surface area (Å²) in [7, 11) is 0. The average Bonchev–Trinajstić information content (AvgIpc) is 2.75. The number of hydrogen-bond acceptors (Lipinski definition) is 0. The zero-order valence-corrected chi connectivity index (χ0v) is 19.0. The molecule has 3 aromatic carbocycles. The SMILES string of the molecule is C=Cc1ccc(CCc2cc(C)c(CCc3cc(C)c(C=C)cc3C)cc2C)cc1. The predicted molar refractivity (Wildman–Crippen MR) is 133 cm³/mol. The van der Waals surface area contributed by atoms with Crippen LogP contribution in [0, 0.1) is 27.7 Å². The minimum absolute atomic E-state index is 1.07. The van der Waals surface area contributed by atoms with Crippen molar-refractivity contribution in [2.75, 3.05) is 0 Å². The van der Waals surface area contributed by atoms with Gasteiger partial charge in [-0.3, -0.25) is 0 Å². The zero-order valence-electron chi connectivity index (χ0n) is 19.0. The van der Waals surface area contributed by atoms with Crippen molar-refractivity contribution in [1.82, 2.24) is 0 Å². The largest absolute Gasteiger partial charge is 0.0985 e. The molecule has 0 amide bonds. The maximum Gasteiger partial charge on any atom is -0.0230 e. The van der Waals surface area contributed by atoms with Crippen LogP contribution in [0.1, 0.15) is 55.6 Å². The van der Waals surface area contributed by atoms with Gasteiger partial charge in [0.1, 0.15) is 0 Å². The van der Waals surface area contributed by atoms with E-state index in [-0.39, 0.29) is 0 Å². The quantitative estimate of drug-likeness (QED) is 0.366. The first-order valence-electron chi connectivity index (χ1n) is 10.9. The smallest absolute Gasteiger partial charge is 0.0230 e. The van der Waals surface area contributed by atoms with Gasteiger partial charge in [-0.1, -0.05) is 73.8 Å². The van der Waals surface area contributed by atoms with Gasteiger partial charge in [0.05, 0.1) is 0 Å². The Morgan fingerprint density at radius 3 is 1.53 bits per heavy atom. The Hall–Kier alpha value is -2.86. The Balaban J connectivity index is 1.69. The van der Waals surface area contributed by atoms with Crippen molar-refractivity contribution >= 4 is 12.2 Å². The molecule has 0 saturated carbocycles. The fraction of sp³-hybridized carbons (Fsp3) is 0.267. The molecule has 0 unspecified atom stereocenters. The summed E-state index contributed by atoms with van der Waals surface area (Å²) in [6, 6.07) is 18.1. The summed E-state index contributed by atoms with van der Waals surface area (Å²) in [6.45, 7) is 16.7. The summed E-state index contributed by atoms with van der Waals surface area (Å²) in [6.07, 6.45) is 8.18. The van der Waals surface area contributed by atoms with E-state index in [1.54, 1.807) is 0 Å². The van der Waals surface area contributed by atoms with Crippen molar-refractivity contribution in [3.05, 3.63) is 117 Å². The third-order valence-electron chi connectivity index (χ3n) is 6.30. The molecule has 3 rings (SSSR count). The van der Waals surface area contributed by atoms with E-state index in [9.17, 15) is 0 Å². The van der Waals surface area contributed by atoms with Gasteiger partial charge in [0.25, 0.3) is 0 Å². The van der Waals surface area contributed by atoms with Gasteiger partial charge in [-0.05, 0) is 109 Å². The predicted octanol–water partition coefficient (Wildman–Crippen LogP) is 7.78. The van der Waals surface area contributed by atoms with E-state index in [0.29, 0.717) is 0 Å². The van der Waals surface area contributed by atoms with Gasteiger partial charge in [-0.15, -0.1) is 0 Å². The second kappa shape index (κ2) is 9.76. The van der Waals surface area contributed by atoms with Crippen LogP contribution in [0.5, 0.6) is 0 Å². The molecule has 0 radical (unpaired) electrons. The highest BCUT2D eigenvalue weighted by Gasteiger charge is 2.08. The highest BCUT2D eigenvalue weighted by molar-refractivity contribution is 5.54. The lowest BCUT2D eigenvalue weighted by Crippen LogP contribution is -2.01. The Bertz CT molecular complexity index is 1050. The van der Waals surface area contributed by atoms with Crippen LogP contribution in [0.15, 0.2) is 61.7 Å². The Kier molecular flexibility index (Phi) is 7.11. The molecule has 30 heavy (non-hydrogen) atoms. The molecule has 0 heteroatoms. The molecule has 0 bridgehead atoms. The van der Waals surface area contributed by atoms with Gasteiger partial charge in [-0.2, -0.15) is 0 Å². The van der Waals surface area contributed by atoms with Crippen LogP contribution in [-0.4, -0.2) is 0 Å². The van der Waals surface area contributed by atoms with E-state index in [4.69, 9.17) is 0 Å². The van der Waals surface area contributed by atoms with Crippen molar-refractivity contribution < 1.29 is 0 Å². The summed E-state index contributed by atoms with van der Waals surface area (Å²) in [4.78, 5) is 0. The maximum absolute atomic E-state index is 3.92. The molecule has 0 aliphatic heterocycles. The average molecular weight is 395 g/mol. The first kappa shape index (κ1) is 21.8. The molecule has 0 fully saturated rings. The summed E-state index contributed by atoms with van der Waals surface area (Å²) in [5, 5.41) is 0. The highest BCUT2D eigenvalue weighted by atomic mass is 14.1. The normalized spacial score (nSPS) is 10.8. The molecule has 3 aromatic rings. The zero-order chi connectivity index (χ0) is 21.7. The molecule has 0 aromatic heterocycles. The first-order valence-corrected chi connectivity index (χ1v) is 10.9. The van der Waals surface area contributed by atoms with E-state index in [1.165, 1.54) is 55.6 Å². The summed E-state index contributed by atoms with van der Waals surface area (Å²) >= 11 is 0. The molecule has 0 atom stereocenters. The number of benzene rings is 3. The van der Waals surface area contributed by atoms with Crippen LogP contribution in [0.2, 0.25) is 0 Å². The molecule has 0 N–H and O–H groups in total. The van der Waals surface area contributed by atoms with Gasteiger partial charge in [0.15, 0.2) is 0 Å². The van der Waals surface area contributed by atoms with Gasteiger partial charge in [0, 0.05) is 0 Å². The van der Waals surface area contributed by atoms with Gasteiger partial charge < -0.3 is 0 Å².